The Morgan fingerprint density at radius 3 is 2.97 bits per heavy atom. The first-order chi connectivity index (χ1) is 15.2. The number of aromatic nitrogens is 3. The molecule has 3 aromatic rings. The molecule has 2 aliphatic heterocycles. The predicted octanol–water partition coefficient (Wildman–Crippen LogP) is 3.26. The number of anilines is 2. The average Bonchev–Trinajstić information content (AvgIpc) is 3.54. The second-order valence-electron chi connectivity index (χ2n) is 7.36. The van der Waals surface area contributed by atoms with Gasteiger partial charge in [-0.3, -0.25) is 14.2 Å². The van der Waals surface area contributed by atoms with Crippen LogP contribution in [-0.4, -0.2) is 51.6 Å². The number of nitrogens with zero attached hydrogens (tertiary/aromatic N) is 4. The lowest BCUT2D eigenvalue weighted by Crippen LogP contribution is -2.43. The highest BCUT2D eigenvalue weighted by atomic mass is 32.2. The average molecular weight is 456 g/mol. The second-order valence-corrected chi connectivity index (χ2v) is 9.25. The van der Waals surface area contributed by atoms with Gasteiger partial charge in [0.25, 0.3) is 0 Å². The van der Waals surface area contributed by atoms with E-state index in [0.717, 1.165) is 30.2 Å². The lowest BCUT2D eigenvalue weighted by Gasteiger charge is -2.29. The highest BCUT2D eigenvalue weighted by Gasteiger charge is 2.28. The monoisotopic (exact) mass is 455 g/mol. The third-order valence-corrected chi connectivity index (χ3v) is 7.08. The van der Waals surface area contributed by atoms with Gasteiger partial charge < -0.3 is 15.0 Å². The molecule has 160 valence electrons. The second kappa shape index (κ2) is 8.81. The summed E-state index contributed by atoms with van der Waals surface area (Å²) in [5, 5.41) is 14.3. The van der Waals surface area contributed by atoms with Crippen molar-refractivity contribution in [2.75, 3.05) is 29.1 Å². The minimum atomic E-state index is -0.196. The Hall–Kier alpha value is -2.69. The van der Waals surface area contributed by atoms with Gasteiger partial charge in [-0.2, -0.15) is 0 Å². The highest BCUT2D eigenvalue weighted by Crippen LogP contribution is 2.32. The largest absolute Gasteiger partial charge is 0.376 e. The Labute approximate surface area is 187 Å². The first kappa shape index (κ1) is 20.2. The van der Waals surface area contributed by atoms with Crippen LogP contribution in [0.4, 0.5) is 11.4 Å². The van der Waals surface area contributed by atoms with Gasteiger partial charge in [0.05, 0.1) is 34.7 Å². The Morgan fingerprint density at radius 2 is 2.16 bits per heavy atom. The zero-order chi connectivity index (χ0) is 21.2. The summed E-state index contributed by atoms with van der Waals surface area (Å²) in [5.41, 5.74) is 1.37. The number of nitrogens with one attached hydrogen (secondary N) is 1. The van der Waals surface area contributed by atoms with E-state index >= 15 is 0 Å². The molecule has 1 saturated heterocycles. The molecule has 0 saturated carbocycles. The third kappa shape index (κ3) is 4.23. The summed E-state index contributed by atoms with van der Waals surface area (Å²) < 4.78 is 7.88. The van der Waals surface area contributed by atoms with E-state index in [2.05, 4.69) is 20.1 Å². The van der Waals surface area contributed by atoms with Crippen molar-refractivity contribution in [3.63, 3.8) is 0 Å². The number of para-hydroxylation sites is 2. The van der Waals surface area contributed by atoms with Gasteiger partial charge in [-0.25, -0.2) is 0 Å². The standard InChI is InChI=1S/C21H21N5O3S2/c27-18-12-25(16-7-2-1-6-15(16)22-18)19(28)13-31-21-24-23-20(17-8-4-10-30-17)26(21)11-14-5-3-9-29-14/h1-2,4,6-8,10,14H,3,5,9,11-13H2,(H,22,27). The summed E-state index contributed by atoms with van der Waals surface area (Å²) in [6, 6.07) is 11.3. The van der Waals surface area contributed by atoms with E-state index in [-0.39, 0.29) is 30.2 Å². The Morgan fingerprint density at radius 1 is 1.26 bits per heavy atom. The molecule has 0 aliphatic carbocycles. The first-order valence-electron chi connectivity index (χ1n) is 10.1. The maximum Gasteiger partial charge on any atom is 0.244 e. The maximum absolute atomic E-state index is 13.0. The van der Waals surface area contributed by atoms with Crippen LogP contribution in [-0.2, 0) is 20.9 Å². The summed E-state index contributed by atoms with van der Waals surface area (Å²) in [6.07, 6.45) is 2.19. The molecule has 1 N–H and O–H groups in total. The lowest BCUT2D eigenvalue weighted by atomic mass is 10.2. The van der Waals surface area contributed by atoms with E-state index in [1.165, 1.54) is 16.7 Å². The quantitative estimate of drug-likeness (QED) is 0.574. The van der Waals surface area contributed by atoms with Crippen molar-refractivity contribution in [2.45, 2.75) is 30.6 Å². The maximum atomic E-state index is 13.0. The summed E-state index contributed by atoms with van der Waals surface area (Å²) in [5.74, 6) is 0.619. The molecule has 5 rings (SSSR count). The molecule has 0 bridgehead atoms. The molecule has 31 heavy (non-hydrogen) atoms. The number of benzene rings is 1. The van der Waals surface area contributed by atoms with Crippen LogP contribution in [0.25, 0.3) is 10.7 Å². The zero-order valence-corrected chi connectivity index (χ0v) is 18.3. The number of ether oxygens (including phenoxy) is 1. The minimum Gasteiger partial charge on any atom is -0.376 e. The number of hydrogen-bond acceptors (Lipinski definition) is 7. The van der Waals surface area contributed by atoms with E-state index in [4.69, 9.17) is 4.74 Å². The molecule has 0 spiro atoms. The van der Waals surface area contributed by atoms with Crippen molar-refractivity contribution in [2.24, 2.45) is 0 Å². The first-order valence-corrected chi connectivity index (χ1v) is 12.0. The van der Waals surface area contributed by atoms with E-state index in [9.17, 15) is 9.59 Å². The molecule has 1 fully saturated rings. The molecule has 0 radical (unpaired) electrons. The molecule has 10 heteroatoms. The van der Waals surface area contributed by atoms with Crippen LogP contribution in [0.3, 0.4) is 0 Å². The number of thioether (sulfide) groups is 1. The predicted molar refractivity (Wildman–Crippen MR) is 120 cm³/mol. The fraction of sp³-hybridized carbons (Fsp3) is 0.333. The molecule has 4 heterocycles. The van der Waals surface area contributed by atoms with Crippen molar-refractivity contribution in [3.8, 4) is 10.7 Å². The molecule has 2 aliphatic rings. The van der Waals surface area contributed by atoms with E-state index in [1.807, 2.05) is 35.7 Å². The molecule has 8 nitrogen and oxygen atoms in total. The van der Waals surface area contributed by atoms with E-state index in [0.29, 0.717) is 23.1 Å². The van der Waals surface area contributed by atoms with E-state index < -0.39 is 0 Å². The van der Waals surface area contributed by atoms with Crippen molar-refractivity contribution < 1.29 is 14.3 Å². The number of thiophene rings is 1. The molecule has 2 amide bonds. The molecule has 2 aromatic heterocycles. The zero-order valence-electron chi connectivity index (χ0n) is 16.7. The Kier molecular flexibility index (Phi) is 5.75. The number of amides is 2. The molecular formula is C21H21N5O3S2. The van der Waals surface area contributed by atoms with Crippen LogP contribution in [0.15, 0.2) is 46.9 Å². The summed E-state index contributed by atoms with van der Waals surface area (Å²) in [6.45, 7) is 1.45. The molecule has 1 unspecified atom stereocenters. The van der Waals surface area contributed by atoms with Crippen LogP contribution < -0.4 is 10.2 Å². The van der Waals surface area contributed by atoms with Crippen molar-refractivity contribution >= 4 is 46.3 Å². The van der Waals surface area contributed by atoms with Gasteiger partial charge in [0.1, 0.15) is 6.54 Å². The van der Waals surface area contributed by atoms with Crippen LogP contribution >= 0.6 is 23.1 Å². The van der Waals surface area contributed by atoms with Gasteiger partial charge in [-0.05, 0) is 36.4 Å². The molecule has 1 atom stereocenters. The topological polar surface area (TPSA) is 89.4 Å². The molecular weight excluding hydrogens is 434 g/mol. The highest BCUT2D eigenvalue weighted by molar-refractivity contribution is 7.99. The Bertz CT molecular complexity index is 1090. The fourth-order valence-corrected chi connectivity index (χ4v) is 5.34. The van der Waals surface area contributed by atoms with Crippen molar-refractivity contribution in [3.05, 3.63) is 41.8 Å². The van der Waals surface area contributed by atoms with Crippen molar-refractivity contribution in [1.29, 1.82) is 0 Å². The number of fused-ring (bicyclic) bond motifs is 1. The third-order valence-electron chi connectivity index (χ3n) is 5.27. The molecule has 1 aromatic carbocycles. The lowest BCUT2D eigenvalue weighted by molar-refractivity contribution is -0.120. The van der Waals surface area contributed by atoms with Crippen LogP contribution in [0.1, 0.15) is 12.8 Å². The summed E-state index contributed by atoms with van der Waals surface area (Å²) in [4.78, 5) is 27.6. The van der Waals surface area contributed by atoms with Gasteiger partial charge in [-0.15, -0.1) is 21.5 Å². The van der Waals surface area contributed by atoms with Crippen molar-refractivity contribution in [1.82, 2.24) is 14.8 Å². The minimum absolute atomic E-state index is 0.0133. The smallest absolute Gasteiger partial charge is 0.244 e. The van der Waals surface area contributed by atoms with Crippen LogP contribution in [0.2, 0.25) is 0 Å². The summed E-state index contributed by atoms with van der Waals surface area (Å²) >= 11 is 2.95. The number of hydrogen-bond donors (Lipinski definition) is 1. The van der Waals surface area contributed by atoms with Gasteiger partial charge in [0.15, 0.2) is 11.0 Å². The fourth-order valence-electron chi connectivity index (χ4n) is 3.80. The van der Waals surface area contributed by atoms with Gasteiger partial charge in [0.2, 0.25) is 11.8 Å². The van der Waals surface area contributed by atoms with Gasteiger partial charge in [-0.1, -0.05) is 30.0 Å². The number of rotatable bonds is 6. The SMILES string of the molecule is O=C1CN(C(=O)CSc2nnc(-c3cccs3)n2CC2CCCO2)c2ccccc2N1. The summed E-state index contributed by atoms with van der Waals surface area (Å²) in [7, 11) is 0. The Balaban J connectivity index is 1.35. The van der Waals surface area contributed by atoms with Crippen LogP contribution in [0, 0.1) is 0 Å². The van der Waals surface area contributed by atoms with Gasteiger partial charge >= 0.3 is 0 Å². The number of carbonyl (C=O) groups excluding carboxylic acids is 2. The normalized spacial score (nSPS) is 18.1. The van der Waals surface area contributed by atoms with Gasteiger partial charge in [0, 0.05) is 6.61 Å². The van der Waals surface area contributed by atoms with Crippen LogP contribution in [0.5, 0.6) is 0 Å². The van der Waals surface area contributed by atoms with E-state index in [1.54, 1.807) is 17.4 Å². The number of carbonyl (C=O) groups is 2.